The number of rotatable bonds is 4. The number of carbonyl (C=O) groups excluding carboxylic acids is 1. The number of fused-ring (bicyclic) bond motifs is 1. The fourth-order valence-electron chi connectivity index (χ4n) is 2.70. The Kier molecular flexibility index (Phi) is 3.82. The van der Waals surface area contributed by atoms with E-state index in [1.54, 1.807) is 12.1 Å². The molecule has 3 aromatic rings. The average Bonchev–Trinajstić information content (AvgIpc) is 3.31. The van der Waals surface area contributed by atoms with Gasteiger partial charge in [-0.25, -0.2) is 4.79 Å². The van der Waals surface area contributed by atoms with Gasteiger partial charge in [0.15, 0.2) is 5.76 Å². The van der Waals surface area contributed by atoms with E-state index >= 15 is 0 Å². The van der Waals surface area contributed by atoms with Crippen molar-refractivity contribution in [1.29, 1.82) is 0 Å². The van der Waals surface area contributed by atoms with Gasteiger partial charge >= 0.3 is 5.97 Å². The highest BCUT2D eigenvalue weighted by Crippen LogP contribution is 2.33. The molecule has 6 heteroatoms. The SMILES string of the molecule is CC1Cc2cc(-c3cc(COC(=O)c4cccs4)no3)ccc2O1. The third-order valence-corrected chi connectivity index (χ3v) is 4.66. The van der Waals surface area contributed by atoms with Gasteiger partial charge in [0.1, 0.15) is 29.0 Å². The Morgan fingerprint density at radius 1 is 1.38 bits per heavy atom. The van der Waals surface area contributed by atoms with E-state index in [0.29, 0.717) is 16.3 Å². The van der Waals surface area contributed by atoms with Crippen molar-refractivity contribution in [2.75, 3.05) is 0 Å². The Morgan fingerprint density at radius 2 is 2.29 bits per heavy atom. The van der Waals surface area contributed by atoms with Crippen molar-refractivity contribution in [2.45, 2.75) is 26.1 Å². The first-order chi connectivity index (χ1) is 11.7. The molecule has 0 aliphatic carbocycles. The van der Waals surface area contributed by atoms with Crippen molar-refractivity contribution >= 4 is 17.3 Å². The van der Waals surface area contributed by atoms with E-state index in [0.717, 1.165) is 17.7 Å². The van der Waals surface area contributed by atoms with E-state index in [9.17, 15) is 4.79 Å². The van der Waals surface area contributed by atoms with Crippen LogP contribution in [-0.2, 0) is 17.8 Å². The lowest BCUT2D eigenvalue weighted by Gasteiger charge is -2.02. The molecule has 5 nitrogen and oxygen atoms in total. The fourth-order valence-corrected chi connectivity index (χ4v) is 3.31. The number of benzene rings is 1. The summed E-state index contributed by atoms with van der Waals surface area (Å²) < 4.78 is 16.3. The summed E-state index contributed by atoms with van der Waals surface area (Å²) in [6.45, 7) is 2.14. The van der Waals surface area contributed by atoms with Crippen LogP contribution in [0.15, 0.2) is 46.3 Å². The van der Waals surface area contributed by atoms with Crippen molar-refractivity contribution in [2.24, 2.45) is 0 Å². The molecule has 0 N–H and O–H groups in total. The van der Waals surface area contributed by atoms with Gasteiger partial charge in [-0.3, -0.25) is 0 Å². The molecular formula is C18H15NO4S. The Balaban J connectivity index is 1.45. The van der Waals surface area contributed by atoms with E-state index in [4.69, 9.17) is 14.0 Å². The molecule has 0 spiro atoms. The molecule has 3 heterocycles. The lowest BCUT2D eigenvalue weighted by atomic mass is 10.1. The van der Waals surface area contributed by atoms with Gasteiger partial charge in [-0.15, -0.1) is 11.3 Å². The summed E-state index contributed by atoms with van der Waals surface area (Å²) in [6.07, 6.45) is 1.10. The molecule has 1 unspecified atom stereocenters. The molecule has 1 atom stereocenters. The molecule has 2 aromatic heterocycles. The Bertz CT molecular complexity index is 869. The van der Waals surface area contributed by atoms with Crippen LogP contribution < -0.4 is 4.74 Å². The zero-order valence-electron chi connectivity index (χ0n) is 13.0. The Labute approximate surface area is 142 Å². The van der Waals surface area contributed by atoms with E-state index in [2.05, 4.69) is 11.2 Å². The predicted octanol–water partition coefficient (Wildman–Crippen LogP) is 4.08. The number of ether oxygens (including phenoxy) is 2. The summed E-state index contributed by atoms with van der Waals surface area (Å²) in [5.74, 6) is 1.23. The Hall–Kier alpha value is -2.60. The molecule has 0 radical (unpaired) electrons. The normalized spacial score (nSPS) is 15.8. The molecule has 1 aliphatic heterocycles. The second kappa shape index (κ2) is 6.13. The first kappa shape index (κ1) is 15.0. The van der Waals surface area contributed by atoms with Gasteiger partial charge in [-0.2, -0.15) is 0 Å². The molecule has 4 rings (SSSR count). The van der Waals surface area contributed by atoms with Crippen molar-refractivity contribution < 1.29 is 18.8 Å². The second-order valence-corrected chi connectivity index (χ2v) is 6.64. The van der Waals surface area contributed by atoms with Gasteiger partial charge in [-0.1, -0.05) is 11.2 Å². The lowest BCUT2D eigenvalue weighted by molar-refractivity contribution is 0.0470. The van der Waals surface area contributed by atoms with Gasteiger partial charge in [0.05, 0.1) is 0 Å². The minimum atomic E-state index is -0.349. The third-order valence-electron chi connectivity index (χ3n) is 3.81. The minimum absolute atomic E-state index is 0.0886. The van der Waals surface area contributed by atoms with Gasteiger partial charge in [0.2, 0.25) is 0 Å². The summed E-state index contributed by atoms with van der Waals surface area (Å²) in [5.41, 5.74) is 2.69. The van der Waals surface area contributed by atoms with Crippen molar-refractivity contribution in [3.63, 3.8) is 0 Å². The quantitative estimate of drug-likeness (QED) is 0.669. The standard InChI is InChI=1S/C18H15NO4S/c1-11-7-13-8-12(4-5-15(13)22-11)16-9-14(19-23-16)10-21-18(20)17-3-2-6-24-17/h2-6,8-9,11H,7,10H2,1H3. The van der Waals surface area contributed by atoms with E-state index in [1.807, 2.05) is 30.5 Å². The molecule has 0 fully saturated rings. The molecule has 0 saturated carbocycles. The van der Waals surface area contributed by atoms with Crippen molar-refractivity contribution in [3.05, 3.63) is 57.9 Å². The van der Waals surface area contributed by atoms with Crippen molar-refractivity contribution in [1.82, 2.24) is 5.16 Å². The molecular weight excluding hydrogens is 326 g/mol. The minimum Gasteiger partial charge on any atom is -0.490 e. The maximum atomic E-state index is 11.8. The predicted molar refractivity (Wildman–Crippen MR) is 89.2 cm³/mol. The zero-order chi connectivity index (χ0) is 16.5. The number of nitrogens with zero attached hydrogens (tertiary/aromatic N) is 1. The maximum absolute atomic E-state index is 11.8. The second-order valence-electron chi connectivity index (χ2n) is 5.69. The molecule has 0 bridgehead atoms. The number of carbonyl (C=O) groups is 1. The summed E-state index contributed by atoms with van der Waals surface area (Å²) >= 11 is 1.35. The smallest absolute Gasteiger partial charge is 0.348 e. The van der Waals surface area contributed by atoms with Crippen LogP contribution >= 0.6 is 11.3 Å². The Morgan fingerprint density at radius 3 is 3.12 bits per heavy atom. The van der Waals surface area contributed by atoms with Gasteiger partial charge in [0.25, 0.3) is 0 Å². The first-order valence-corrected chi connectivity index (χ1v) is 8.53. The third kappa shape index (κ3) is 2.92. The van der Waals surface area contributed by atoms with Crippen LogP contribution in [0.4, 0.5) is 0 Å². The van der Waals surface area contributed by atoms with E-state index in [1.165, 1.54) is 16.9 Å². The maximum Gasteiger partial charge on any atom is 0.348 e. The van der Waals surface area contributed by atoms with E-state index < -0.39 is 0 Å². The monoisotopic (exact) mass is 341 g/mol. The van der Waals surface area contributed by atoms with Gasteiger partial charge < -0.3 is 14.0 Å². The van der Waals surface area contributed by atoms with Gasteiger partial charge in [-0.05, 0) is 42.1 Å². The molecule has 122 valence electrons. The van der Waals surface area contributed by atoms with Crippen LogP contribution in [0.5, 0.6) is 5.75 Å². The lowest BCUT2D eigenvalue weighted by Crippen LogP contribution is -2.05. The summed E-state index contributed by atoms with van der Waals surface area (Å²) in [6, 6.07) is 11.3. The highest BCUT2D eigenvalue weighted by Gasteiger charge is 2.20. The van der Waals surface area contributed by atoms with Crippen molar-refractivity contribution in [3.8, 4) is 17.1 Å². The molecule has 1 aromatic carbocycles. The highest BCUT2D eigenvalue weighted by molar-refractivity contribution is 7.11. The summed E-state index contributed by atoms with van der Waals surface area (Å²) in [5, 5.41) is 5.81. The summed E-state index contributed by atoms with van der Waals surface area (Å²) in [4.78, 5) is 12.4. The molecule has 0 saturated heterocycles. The van der Waals surface area contributed by atoms with Crippen LogP contribution in [0.3, 0.4) is 0 Å². The van der Waals surface area contributed by atoms with Crippen LogP contribution in [0.25, 0.3) is 11.3 Å². The number of thiophene rings is 1. The average molecular weight is 341 g/mol. The fraction of sp³-hybridized carbons (Fsp3) is 0.222. The van der Waals surface area contributed by atoms with Crippen LogP contribution in [0.1, 0.15) is 27.9 Å². The van der Waals surface area contributed by atoms with Crippen LogP contribution in [0, 0.1) is 0 Å². The number of aromatic nitrogens is 1. The topological polar surface area (TPSA) is 61.6 Å². The molecule has 0 amide bonds. The number of esters is 1. The number of hydrogen-bond acceptors (Lipinski definition) is 6. The van der Waals surface area contributed by atoms with E-state index in [-0.39, 0.29) is 18.7 Å². The molecule has 1 aliphatic rings. The van der Waals surface area contributed by atoms with Gasteiger partial charge in [0, 0.05) is 18.1 Å². The molecule has 24 heavy (non-hydrogen) atoms. The summed E-state index contributed by atoms with van der Waals surface area (Å²) in [7, 11) is 0. The number of hydrogen-bond donors (Lipinski definition) is 0. The highest BCUT2D eigenvalue weighted by atomic mass is 32.1. The van der Waals surface area contributed by atoms with Crippen LogP contribution in [-0.4, -0.2) is 17.2 Å². The largest absolute Gasteiger partial charge is 0.490 e. The first-order valence-electron chi connectivity index (χ1n) is 7.65. The zero-order valence-corrected chi connectivity index (χ0v) is 13.8. The van der Waals surface area contributed by atoms with Crippen LogP contribution in [0.2, 0.25) is 0 Å².